The van der Waals surface area contributed by atoms with Gasteiger partial charge in [-0.25, -0.2) is 0 Å². The molecule has 1 aliphatic carbocycles. The van der Waals surface area contributed by atoms with E-state index in [1.54, 1.807) is 58.4 Å². The first kappa shape index (κ1) is 51.4. The molecule has 2 amide bonds. The number of hydrogen-bond acceptors (Lipinski definition) is 7. The van der Waals surface area contributed by atoms with Crippen LogP contribution in [0.4, 0.5) is 5.69 Å². The van der Waals surface area contributed by atoms with Crippen LogP contribution >= 0.6 is 0 Å². The van der Waals surface area contributed by atoms with Gasteiger partial charge < -0.3 is 34.6 Å². The second-order valence-electron chi connectivity index (χ2n) is 17.1. The van der Waals surface area contributed by atoms with Crippen molar-refractivity contribution in [1.29, 1.82) is 0 Å². The van der Waals surface area contributed by atoms with Gasteiger partial charge in [-0.2, -0.15) is 0 Å². The maximum atomic E-state index is 14.5. The van der Waals surface area contributed by atoms with Crippen molar-refractivity contribution < 1.29 is 48.8 Å². The number of carboxylic acid groups (broad SMARTS) is 3. The number of aliphatic carboxylic acids is 3. The molecule has 0 heterocycles. The van der Waals surface area contributed by atoms with Crippen molar-refractivity contribution in [1.82, 2.24) is 4.90 Å². The Morgan fingerprint density at radius 1 is 0.582 bits per heavy atom. The standard InChI is InChI=1S/C55H64N2O10/c1-6-8-23-66-25-15-21-56(54(64)40-19-13-14-20-40)36-42-27-37(3)28-44(43(42)33-51(58)59)45-29-38(4)30-46(48(45)34-52(60)61)47-31-39(5)32-50(49(47)35-53(62)63)57(22-16-26-67-24-9-7-2)55(65)41-17-11-10-12-18-41/h10-14,17-19,27-32H,6-9,15-16,21-26,33-36H2,1-5H3,(H,58,59)(H,60,61)(H,62,63). The van der Waals surface area contributed by atoms with E-state index in [1.165, 1.54) is 0 Å². The molecule has 0 fully saturated rings. The van der Waals surface area contributed by atoms with Crippen molar-refractivity contribution in [3.63, 3.8) is 0 Å². The molecule has 12 nitrogen and oxygen atoms in total. The van der Waals surface area contributed by atoms with Gasteiger partial charge >= 0.3 is 17.9 Å². The smallest absolute Gasteiger partial charge is 0.307 e. The molecule has 67 heavy (non-hydrogen) atoms. The van der Waals surface area contributed by atoms with Gasteiger partial charge in [0.1, 0.15) is 0 Å². The van der Waals surface area contributed by atoms with Crippen molar-refractivity contribution in [3.05, 3.63) is 141 Å². The first-order chi connectivity index (χ1) is 32.2. The summed E-state index contributed by atoms with van der Waals surface area (Å²) in [5.41, 5.74) is 9.89. The van der Waals surface area contributed by atoms with Crippen LogP contribution < -0.4 is 4.90 Å². The molecule has 0 radical (unpaired) electrons. The van der Waals surface area contributed by atoms with Gasteiger partial charge in [-0.05, 0) is 132 Å². The molecule has 0 unspecified atom stereocenters. The van der Waals surface area contributed by atoms with Crippen LogP contribution in [0.5, 0.6) is 0 Å². The molecule has 0 saturated carbocycles. The zero-order chi connectivity index (χ0) is 48.5. The minimum absolute atomic E-state index is 0.0654. The quantitative estimate of drug-likeness (QED) is 0.0387. The summed E-state index contributed by atoms with van der Waals surface area (Å²) in [5.74, 6) is -4.01. The monoisotopic (exact) mass is 912 g/mol. The van der Waals surface area contributed by atoms with E-state index in [-0.39, 0.29) is 24.9 Å². The second-order valence-corrected chi connectivity index (χ2v) is 17.1. The summed E-state index contributed by atoms with van der Waals surface area (Å²) in [5, 5.41) is 31.6. The van der Waals surface area contributed by atoms with Crippen LogP contribution in [0.3, 0.4) is 0 Å². The fraction of sp³-hybridized carbons (Fsp3) is 0.382. The maximum Gasteiger partial charge on any atom is 0.307 e. The molecule has 12 heteroatoms. The highest BCUT2D eigenvalue weighted by atomic mass is 16.5. The Morgan fingerprint density at radius 3 is 1.63 bits per heavy atom. The largest absolute Gasteiger partial charge is 0.481 e. The number of unbranched alkanes of at least 4 members (excludes halogenated alkanes) is 2. The number of carbonyl (C=O) groups is 5. The Morgan fingerprint density at radius 2 is 1.07 bits per heavy atom. The predicted molar refractivity (Wildman–Crippen MR) is 261 cm³/mol. The van der Waals surface area contributed by atoms with E-state index in [4.69, 9.17) is 9.47 Å². The molecule has 3 N–H and O–H groups in total. The molecule has 0 spiro atoms. The average molecular weight is 913 g/mol. The molecular weight excluding hydrogens is 849 g/mol. The molecule has 5 rings (SSSR count). The minimum atomic E-state index is -1.15. The number of carboxylic acids is 3. The number of benzene rings is 4. The van der Waals surface area contributed by atoms with Crippen molar-refractivity contribution in [2.45, 2.75) is 99.0 Å². The first-order valence-corrected chi connectivity index (χ1v) is 23.2. The lowest BCUT2D eigenvalue weighted by Crippen LogP contribution is -2.34. The number of nitrogens with zero attached hydrogens (tertiary/aromatic N) is 2. The van der Waals surface area contributed by atoms with Crippen LogP contribution in [0.25, 0.3) is 22.3 Å². The van der Waals surface area contributed by atoms with Crippen LogP contribution in [0.1, 0.15) is 102 Å². The van der Waals surface area contributed by atoms with Crippen LogP contribution in [-0.2, 0) is 54.5 Å². The van der Waals surface area contributed by atoms with E-state index in [0.717, 1.165) is 31.2 Å². The molecule has 0 saturated heterocycles. The summed E-state index contributed by atoms with van der Waals surface area (Å²) in [7, 11) is 0. The van der Waals surface area contributed by atoms with Gasteiger partial charge in [0.15, 0.2) is 0 Å². The number of allylic oxidation sites excluding steroid dienone is 1. The Kier molecular flexibility index (Phi) is 19.4. The van der Waals surface area contributed by atoms with E-state index < -0.39 is 37.2 Å². The molecule has 4 aromatic rings. The average Bonchev–Trinajstić information content (AvgIpc) is 3.84. The molecular formula is C55H64N2O10. The Bertz CT molecular complexity index is 2520. The predicted octanol–water partition coefficient (Wildman–Crippen LogP) is 9.87. The van der Waals surface area contributed by atoms with E-state index in [1.807, 2.05) is 57.2 Å². The van der Waals surface area contributed by atoms with E-state index in [2.05, 4.69) is 19.6 Å². The van der Waals surface area contributed by atoms with Crippen molar-refractivity contribution >= 4 is 35.4 Å². The first-order valence-electron chi connectivity index (χ1n) is 23.2. The molecule has 0 atom stereocenters. The lowest BCUT2D eigenvalue weighted by atomic mass is 9.82. The summed E-state index contributed by atoms with van der Waals surface area (Å²) in [6, 6.07) is 19.7. The maximum absolute atomic E-state index is 14.5. The minimum Gasteiger partial charge on any atom is -0.481 e. The highest BCUT2D eigenvalue weighted by Gasteiger charge is 2.28. The highest BCUT2D eigenvalue weighted by molar-refractivity contribution is 6.07. The lowest BCUT2D eigenvalue weighted by molar-refractivity contribution is -0.137. The molecule has 0 aliphatic heterocycles. The third kappa shape index (κ3) is 14.4. The van der Waals surface area contributed by atoms with E-state index in [0.29, 0.717) is 118 Å². The van der Waals surface area contributed by atoms with Crippen molar-refractivity contribution in [2.24, 2.45) is 0 Å². The lowest BCUT2D eigenvalue weighted by Gasteiger charge is -2.29. The van der Waals surface area contributed by atoms with Gasteiger partial charge in [0.2, 0.25) is 0 Å². The number of amides is 2. The number of rotatable bonds is 27. The van der Waals surface area contributed by atoms with Gasteiger partial charge in [-0.15, -0.1) is 5.73 Å². The zero-order valence-electron chi connectivity index (χ0n) is 39.5. The highest BCUT2D eigenvalue weighted by Crippen LogP contribution is 2.42. The van der Waals surface area contributed by atoms with Crippen molar-refractivity contribution in [3.8, 4) is 22.3 Å². The van der Waals surface area contributed by atoms with Crippen molar-refractivity contribution in [2.75, 3.05) is 44.4 Å². The number of anilines is 1. The molecule has 0 bridgehead atoms. The van der Waals surface area contributed by atoms with E-state index >= 15 is 0 Å². The summed E-state index contributed by atoms with van der Waals surface area (Å²) < 4.78 is 11.7. The Balaban J connectivity index is 1.73. The van der Waals surface area contributed by atoms with Gasteiger partial charge in [0.05, 0.1) is 24.8 Å². The second kappa shape index (κ2) is 25.4. The molecule has 4 aromatic carbocycles. The summed E-state index contributed by atoms with van der Waals surface area (Å²) in [6.45, 7) is 12.4. The number of hydrogen-bond donors (Lipinski definition) is 3. The van der Waals surface area contributed by atoms with Crippen LogP contribution in [-0.4, -0.2) is 89.5 Å². The fourth-order valence-electron chi connectivity index (χ4n) is 8.43. The number of ether oxygens (including phenoxy) is 2. The molecule has 0 aromatic heterocycles. The Labute approximate surface area is 394 Å². The van der Waals surface area contributed by atoms with Crippen LogP contribution in [0, 0.1) is 20.8 Å². The normalized spacial score (nSPS) is 11.7. The van der Waals surface area contributed by atoms with Gasteiger partial charge in [-0.3, -0.25) is 24.0 Å². The van der Waals surface area contributed by atoms with Gasteiger partial charge in [0.25, 0.3) is 11.8 Å². The Hall–Kier alpha value is -6.59. The summed E-state index contributed by atoms with van der Waals surface area (Å²) in [6.07, 6.45) is 8.50. The van der Waals surface area contributed by atoms with E-state index in [9.17, 15) is 39.3 Å². The van der Waals surface area contributed by atoms with Gasteiger partial charge in [-0.1, -0.05) is 86.9 Å². The summed E-state index contributed by atoms with van der Waals surface area (Å²) >= 11 is 0. The third-order valence-electron chi connectivity index (χ3n) is 11.5. The molecule has 1 aliphatic rings. The number of carbonyl (C=O) groups excluding carboxylic acids is 2. The fourth-order valence-corrected chi connectivity index (χ4v) is 8.43. The summed E-state index contributed by atoms with van der Waals surface area (Å²) in [4.78, 5) is 70.4. The SMILES string of the molecule is CCCCOCCCN(Cc1cc(C)cc(-c2cc(C)cc(-c3cc(C)cc(N(CCCOCCCC)C(=O)c4ccccc4)c3CC(=O)O)c2CC(=O)O)c1CC(=O)O)C(=O)C1=C=CC=C1. The van der Waals surface area contributed by atoms with Crippen LogP contribution in [0.2, 0.25) is 0 Å². The number of aryl methyl sites for hydroxylation is 3. The zero-order valence-corrected chi connectivity index (χ0v) is 39.5. The van der Waals surface area contributed by atoms with Crippen LogP contribution in [0.15, 0.2) is 96.3 Å². The van der Waals surface area contributed by atoms with Gasteiger partial charge in [0, 0.05) is 57.3 Å². The molecule has 354 valence electrons. The topological polar surface area (TPSA) is 171 Å². The third-order valence-corrected chi connectivity index (χ3v) is 11.5.